The molecule has 1 N–H and O–H groups in total. The van der Waals surface area contributed by atoms with E-state index >= 15 is 0 Å². The van der Waals surface area contributed by atoms with Gasteiger partial charge in [-0.1, -0.05) is 45.4 Å². The standard InChI is InChI=1S/C20H43N3O/c1-5-6-7-8-9-10-11-15-20(24)21-16-14-19-23(4)18-13-12-17-22(2)3/h5-19H2,1-4H3,(H,21,24). The second kappa shape index (κ2) is 17.2. The molecule has 0 aliphatic rings. The van der Waals surface area contributed by atoms with Gasteiger partial charge >= 0.3 is 0 Å². The summed E-state index contributed by atoms with van der Waals surface area (Å²) < 4.78 is 0. The highest BCUT2D eigenvalue weighted by atomic mass is 16.1. The van der Waals surface area contributed by atoms with Crippen LogP contribution < -0.4 is 5.32 Å². The zero-order valence-corrected chi connectivity index (χ0v) is 16.9. The van der Waals surface area contributed by atoms with Crippen LogP contribution in [-0.4, -0.2) is 63.0 Å². The minimum Gasteiger partial charge on any atom is -0.356 e. The van der Waals surface area contributed by atoms with Crippen molar-refractivity contribution < 1.29 is 4.79 Å². The molecule has 144 valence electrons. The highest BCUT2D eigenvalue weighted by molar-refractivity contribution is 5.75. The fourth-order valence-corrected chi connectivity index (χ4v) is 2.83. The summed E-state index contributed by atoms with van der Waals surface area (Å²) in [5.41, 5.74) is 0. The molecular weight excluding hydrogens is 298 g/mol. The maximum absolute atomic E-state index is 11.8. The zero-order chi connectivity index (χ0) is 18.0. The van der Waals surface area contributed by atoms with Crippen LogP contribution in [0.4, 0.5) is 0 Å². The zero-order valence-electron chi connectivity index (χ0n) is 16.9. The minimum absolute atomic E-state index is 0.234. The van der Waals surface area contributed by atoms with E-state index in [-0.39, 0.29) is 5.91 Å². The van der Waals surface area contributed by atoms with Gasteiger partial charge in [0.25, 0.3) is 0 Å². The van der Waals surface area contributed by atoms with Crippen molar-refractivity contribution >= 4 is 5.91 Å². The molecule has 0 bridgehead atoms. The second-order valence-corrected chi connectivity index (χ2v) is 7.39. The number of hydrogen-bond acceptors (Lipinski definition) is 3. The molecule has 0 heterocycles. The Balaban J connectivity index is 3.32. The summed E-state index contributed by atoms with van der Waals surface area (Å²) in [5.74, 6) is 0.234. The van der Waals surface area contributed by atoms with Crippen molar-refractivity contribution in [1.29, 1.82) is 0 Å². The summed E-state index contributed by atoms with van der Waals surface area (Å²) in [6.07, 6.45) is 13.1. The Morgan fingerprint density at radius 1 is 0.750 bits per heavy atom. The smallest absolute Gasteiger partial charge is 0.219 e. The molecule has 0 fully saturated rings. The predicted octanol–water partition coefficient (Wildman–Crippen LogP) is 3.91. The largest absolute Gasteiger partial charge is 0.356 e. The van der Waals surface area contributed by atoms with Crippen LogP contribution >= 0.6 is 0 Å². The Hall–Kier alpha value is -0.610. The molecule has 0 aromatic rings. The van der Waals surface area contributed by atoms with Gasteiger partial charge in [0.1, 0.15) is 0 Å². The van der Waals surface area contributed by atoms with E-state index < -0.39 is 0 Å². The van der Waals surface area contributed by atoms with Gasteiger partial charge in [0.05, 0.1) is 0 Å². The van der Waals surface area contributed by atoms with Crippen molar-refractivity contribution in [3.63, 3.8) is 0 Å². The average Bonchev–Trinajstić information content (AvgIpc) is 2.54. The molecule has 1 amide bonds. The summed E-state index contributed by atoms with van der Waals surface area (Å²) in [4.78, 5) is 16.4. The van der Waals surface area contributed by atoms with Crippen LogP contribution in [0.5, 0.6) is 0 Å². The molecule has 0 aliphatic carbocycles. The highest BCUT2D eigenvalue weighted by Crippen LogP contribution is 2.08. The second-order valence-electron chi connectivity index (χ2n) is 7.39. The number of carbonyl (C=O) groups is 1. The number of carbonyl (C=O) groups excluding carboxylic acids is 1. The summed E-state index contributed by atoms with van der Waals surface area (Å²) in [7, 11) is 6.42. The number of hydrogen-bond donors (Lipinski definition) is 1. The lowest BCUT2D eigenvalue weighted by Gasteiger charge is -2.17. The molecule has 4 nitrogen and oxygen atoms in total. The molecule has 0 atom stereocenters. The van der Waals surface area contributed by atoms with Gasteiger partial charge in [-0.05, 0) is 66.5 Å². The maximum Gasteiger partial charge on any atom is 0.219 e. The lowest BCUT2D eigenvalue weighted by Crippen LogP contribution is -2.28. The summed E-state index contributed by atoms with van der Waals surface area (Å²) in [5, 5.41) is 3.06. The van der Waals surface area contributed by atoms with Gasteiger partial charge < -0.3 is 15.1 Å². The van der Waals surface area contributed by atoms with E-state index in [1.54, 1.807) is 0 Å². The van der Waals surface area contributed by atoms with Crippen molar-refractivity contribution in [2.24, 2.45) is 0 Å². The predicted molar refractivity (Wildman–Crippen MR) is 106 cm³/mol. The van der Waals surface area contributed by atoms with Crippen LogP contribution in [0.2, 0.25) is 0 Å². The van der Waals surface area contributed by atoms with E-state index in [4.69, 9.17) is 0 Å². The Bertz CT molecular complexity index is 282. The average molecular weight is 342 g/mol. The van der Waals surface area contributed by atoms with E-state index in [2.05, 4.69) is 43.2 Å². The first kappa shape index (κ1) is 23.4. The first-order valence-electron chi connectivity index (χ1n) is 10.2. The molecule has 0 aromatic heterocycles. The maximum atomic E-state index is 11.8. The van der Waals surface area contributed by atoms with Gasteiger partial charge in [0.15, 0.2) is 0 Å². The van der Waals surface area contributed by atoms with Crippen molar-refractivity contribution in [2.45, 2.75) is 77.6 Å². The number of amides is 1. The molecule has 0 aromatic carbocycles. The summed E-state index contributed by atoms with van der Waals surface area (Å²) in [6.45, 7) is 6.45. The molecule has 0 radical (unpaired) electrons. The van der Waals surface area contributed by atoms with Gasteiger partial charge in [-0.2, -0.15) is 0 Å². The normalized spacial score (nSPS) is 11.4. The van der Waals surface area contributed by atoms with Gasteiger partial charge in [0.2, 0.25) is 5.91 Å². The van der Waals surface area contributed by atoms with E-state index in [0.29, 0.717) is 6.42 Å². The van der Waals surface area contributed by atoms with E-state index in [1.165, 1.54) is 57.9 Å². The molecule has 0 saturated heterocycles. The Labute approximate surface area is 151 Å². The fraction of sp³-hybridized carbons (Fsp3) is 0.950. The number of nitrogens with one attached hydrogen (secondary N) is 1. The van der Waals surface area contributed by atoms with Crippen molar-refractivity contribution in [2.75, 3.05) is 47.3 Å². The Kier molecular flexibility index (Phi) is 16.8. The molecule has 24 heavy (non-hydrogen) atoms. The number of rotatable bonds is 17. The van der Waals surface area contributed by atoms with Gasteiger partial charge in [-0.25, -0.2) is 0 Å². The molecule has 0 saturated carbocycles. The SMILES string of the molecule is CCCCCCCCCC(=O)NCCCN(C)CCCCN(C)C. The molecule has 0 spiro atoms. The summed E-state index contributed by atoms with van der Waals surface area (Å²) in [6, 6.07) is 0. The Morgan fingerprint density at radius 3 is 2.00 bits per heavy atom. The van der Waals surface area contributed by atoms with Crippen LogP contribution in [0.3, 0.4) is 0 Å². The monoisotopic (exact) mass is 341 g/mol. The molecule has 4 heteroatoms. The van der Waals surface area contributed by atoms with Gasteiger partial charge in [0, 0.05) is 13.0 Å². The fourth-order valence-electron chi connectivity index (χ4n) is 2.83. The van der Waals surface area contributed by atoms with Gasteiger partial charge in [-0.15, -0.1) is 0 Å². The van der Waals surface area contributed by atoms with E-state index in [9.17, 15) is 4.79 Å². The first-order chi connectivity index (χ1) is 11.6. The quantitative estimate of drug-likeness (QED) is 0.408. The van der Waals surface area contributed by atoms with Crippen molar-refractivity contribution in [1.82, 2.24) is 15.1 Å². The number of unbranched alkanes of at least 4 members (excludes halogenated alkanes) is 7. The highest BCUT2D eigenvalue weighted by Gasteiger charge is 2.02. The van der Waals surface area contributed by atoms with E-state index in [0.717, 1.165) is 32.5 Å². The minimum atomic E-state index is 0.234. The lowest BCUT2D eigenvalue weighted by atomic mass is 10.1. The first-order valence-corrected chi connectivity index (χ1v) is 10.2. The third-order valence-electron chi connectivity index (χ3n) is 4.44. The number of nitrogens with zero attached hydrogens (tertiary/aromatic N) is 2. The molecule has 0 unspecified atom stereocenters. The van der Waals surface area contributed by atoms with Crippen molar-refractivity contribution in [3.05, 3.63) is 0 Å². The lowest BCUT2D eigenvalue weighted by molar-refractivity contribution is -0.121. The van der Waals surface area contributed by atoms with Crippen LogP contribution in [0.25, 0.3) is 0 Å². The molecule has 0 rings (SSSR count). The Morgan fingerprint density at radius 2 is 1.33 bits per heavy atom. The van der Waals surface area contributed by atoms with Crippen LogP contribution in [0.1, 0.15) is 77.6 Å². The topological polar surface area (TPSA) is 35.6 Å². The summed E-state index contributed by atoms with van der Waals surface area (Å²) >= 11 is 0. The van der Waals surface area contributed by atoms with E-state index in [1.807, 2.05) is 0 Å². The van der Waals surface area contributed by atoms with Crippen LogP contribution in [0.15, 0.2) is 0 Å². The third kappa shape index (κ3) is 17.7. The third-order valence-corrected chi connectivity index (χ3v) is 4.44. The van der Waals surface area contributed by atoms with Crippen LogP contribution in [-0.2, 0) is 4.79 Å². The van der Waals surface area contributed by atoms with Crippen molar-refractivity contribution in [3.8, 4) is 0 Å². The molecular formula is C20H43N3O. The molecule has 0 aliphatic heterocycles. The van der Waals surface area contributed by atoms with Gasteiger partial charge in [-0.3, -0.25) is 4.79 Å². The van der Waals surface area contributed by atoms with Crippen LogP contribution in [0, 0.1) is 0 Å².